The number of carbonyl (C=O) groups is 2. The van der Waals surface area contributed by atoms with Crippen LogP contribution in [0.25, 0.3) is 0 Å². The summed E-state index contributed by atoms with van der Waals surface area (Å²) in [6.07, 6.45) is 1.26. The first kappa shape index (κ1) is 15.9. The molecule has 2 atom stereocenters. The van der Waals surface area contributed by atoms with Gasteiger partial charge in [0.2, 0.25) is 5.91 Å². The highest BCUT2D eigenvalue weighted by molar-refractivity contribution is 5.83. The van der Waals surface area contributed by atoms with Gasteiger partial charge in [0.05, 0.1) is 0 Å². The van der Waals surface area contributed by atoms with Crippen molar-refractivity contribution in [2.45, 2.75) is 59.0 Å². The van der Waals surface area contributed by atoms with Crippen molar-refractivity contribution in [3.05, 3.63) is 0 Å². The molecule has 5 heteroatoms. The van der Waals surface area contributed by atoms with Crippen LogP contribution in [0, 0.1) is 5.41 Å². The fraction of sp³-hybridized carbons (Fsp3) is 0.833. The monoisotopic (exact) mass is 244 g/mol. The van der Waals surface area contributed by atoms with Crippen molar-refractivity contribution in [1.29, 1.82) is 0 Å². The van der Waals surface area contributed by atoms with Crippen molar-refractivity contribution < 1.29 is 14.7 Å². The number of carboxylic acid groups (broad SMARTS) is 1. The number of nitrogens with two attached hydrogens (primary N) is 1. The fourth-order valence-electron chi connectivity index (χ4n) is 1.69. The Morgan fingerprint density at radius 2 is 1.88 bits per heavy atom. The van der Waals surface area contributed by atoms with Crippen molar-refractivity contribution in [2.24, 2.45) is 11.1 Å². The highest BCUT2D eigenvalue weighted by atomic mass is 16.4. The van der Waals surface area contributed by atoms with Crippen molar-refractivity contribution in [3.63, 3.8) is 0 Å². The molecule has 0 aromatic carbocycles. The van der Waals surface area contributed by atoms with Crippen LogP contribution in [0.1, 0.15) is 47.0 Å². The zero-order chi connectivity index (χ0) is 13.6. The molecule has 1 unspecified atom stereocenters. The molecule has 0 aliphatic carbocycles. The predicted molar refractivity (Wildman–Crippen MR) is 66.5 cm³/mol. The summed E-state index contributed by atoms with van der Waals surface area (Å²) in [7, 11) is 0. The van der Waals surface area contributed by atoms with Gasteiger partial charge >= 0.3 is 5.97 Å². The molecule has 5 nitrogen and oxygen atoms in total. The minimum absolute atomic E-state index is 0.0661. The van der Waals surface area contributed by atoms with Gasteiger partial charge in [-0.15, -0.1) is 0 Å². The van der Waals surface area contributed by atoms with Gasteiger partial charge in [0, 0.05) is 12.5 Å². The number of carboxylic acids is 1. The van der Waals surface area contributed by atoms with Crippen LogP contribution in [-0.4, -0.2) is 29.1 Å². The van der Waals surface area contributed by atoms with Gasteiger partial charge in [-0.3, -0.25) is 4.79 Å². The van der Waals surface area contributed by atoms with E-state index in [0.717, 1.165) is 6.42 Å². The van der Waals surface area contributed by atoms with Gasteiger partial charge in [-0.2, -0.15) is 0 Å². The van der Waals surface area contributed by atoms with Crippen LogP contribution >= 0.6 is 0 Å². The molecule has 100 valence electrons. The zero-order valence-corrected chi connectivity index (χ0v) is 11.1. The minimum Gasteiger partial charge on any atom is -0.480 e. The lowest BCUT2D eigenvalue weighted by Crippen LogP contribution is -2.42. The van der Waals surface area contributed by atoms with Gasteiger partial charge < -0.3 is 16.2 Å². The Balaban J connectivity index is 4.13. The summed E-state index contributed by atoms with van der Waals surface area (Å²) in [5.41, 5.74) is 5.91. The third kappa shape index (κ3) is 7.74. The molecule has 0 heterocycles. The molecule has 0 aromatic heterocycles. The number of amides is 1. The van der Waals surface area contributed by atoms with E-state index in [-0.39, 0.29) is 23.8 Å². The third-order valence-electron chi connectivity index (χ3n) is 2.36. The summed E-state index contributed by atoms with van der Waals surface area (Å²) in [6, 6.07) is -1.05. The maximum Gasteiger partial charge on any atom is 0.326 e. The van der Waals surface area contributed by atoms with Gasteiger partial charge in [-0.1, -0.05) is 27.7 Å². The van der Waals surface area contributed by atoms with Crippen LogP contribution in [-0.2, 0) is 9.59 Å². The Bertz CT molecular complexity index is 271. The highest BCUT2D eigenvalue weighted by Crippen LogP contribution is 2.20. The van der Waals surface area contributed by atoms with Crippen molar-refractivity contribution in [3.8, 4) is 0 Å². The minimum atomic E-state index is -1.01. The molecule has 4 N–H and O–H groups in total. The van der Waals surface area contributed by atoms with E-state index >= 15 is 0 Å². The predicted octanol–water partition coefficient (Wildman–Crippen LogP) is 1.12. The van der Waals surface area contributed by atoms with Crippen molar-refractivity contribution in [2.75, 3.05) is 0 Å². The first-order valence-corrected chi connectivity index (χ1v) is 5.93. The molecule has 0 aliphatic heterocycles. The fourth-order valence-corrected chi connectivity index (χ4v) is 1.69. The van der Waals surface area contributed by atoms with E-state index in [9.17, 15) is 9.59 Å². The standard InChI is InChI=1S/C12H24N2O3/c1-5-9(11(16)17)14-10(15)6-8(13)7-12(2,3)4/h8-9H,5-7,13H2,1-4H3,(H,14,15)(H,16,17)/t8?,9-/m0/s1. The molecule has 0 saturated carbocycles. The number of hydrogen-bond donors (Lipinski definition) is 3. The van der Waals surface area contributed by atoms with E-state index in [1.54, 1.807) is 6.92 Å². The highest BCUT2D eigenvalue weighted by Gasteiger charge is 2.21. The lowest BCUT2D eigenvalue weighted by molar-refractivity contribution is -0.142. The van der Waals surface area contributed by atoms with Gasteiger partial charge in [0.25, 0.3) is 0 Å². The first-order chi connectivity index (χ1) is 7.65. The number of nitrogens with one attached hydrogen (secondary N) is 1. The van der Waals surface area contributed by atoms with Crippen LogP contribution in [0.15, 0.2) is 0 Å². The average Bonchev–Trinajstić information content (AvgIpc) is 2.09. The maximum absolute atomic E-state index is 11.6. The normalized spacial score (nSPS) is 15.1. The van der Waals surface area contributed by atoms with E-state index in [1.807, 2.05) is 0 Å². The first-order valence-electron chi connectivity index (χ1n) is 5.93. The van der Waals surface area contributed by atoms with Crippen LogP contribution in [0.5, 0.6) is 0 Å². The van der Waals surface area contributed by atoms with Crippen LogP contribution in [0.3, 0.4) is 0 Å². The Morgan fingerprint density at radius 1 is 1.35 bits per heavy atom. The second-order valence-electron chi connectivity index (χ2n) is 5.60. The molecule has 0 spiro atoms. The van der Waals surface area contributed by atoms with Crippen LogP contribution in [0.4, 0.5) is 0 Å². The molecule has 17 heavy (non-hydrogen) atoms. The molecular formula is C12H24N2O3. The summed E-state index contributed by atoms with van der Waals surface area (Å²) in [5, 5.41) is 11.3. The van der Waals surface area contributed by atoms with Gasteiger partial charge in [-0.05, 0) is 18.3 Å². The summed E-state index contributed by atoms with van der Waals surface area (Å²) in [4.78, 5) is 22.3. The molecule has 1 amide bonds. The Hall–Kier alpha value is -1.10. The molecule has 0 aliphatic rings. The number of aliphatic carboxylic acids is 1. The Labute approximate surface area is 103 Å². The summed E-state index contributed by atoms with van der Waals surface area (Å²) in [6.45, 7) is 7.87. The van der Waals surface area contributed by atoms with Gasteiger partial charge in [-0.25, -0.2) is 4.79 Å². The molecule has 0 rings (SSSR count). The molecular weight excluding hydrogens is 220 g/mol. The average molecular weight is 244 g/mol. The largest absolute Gasteiger partial charge is 0.480 e. The van der Waals surface area contributed by atoms with Crippen LogP contribution in [0.2, 0.25) is 0 Å². The van der Waals surface area contributed by atoms with E-state index in [0.29, 0.717) is 6.42 Å². The zero-order valence-electron chi connectivity index (χ0n) is 11.1. The quantitative estimate of drug-likeness (QED) is 0.652. The lowest BCUT2D eigenvalue weighted by Gasteiger charge is -2.23. The Morgan fingerprint density at radius 3 is 2.24 bits per heavy atom. The second-order valence-corrected chi connectivity index (χ2v) is 5.60. The van der Waals surface area contributed by atoms with E-state index < -0.39 is 12.0 Å². The lowest BCUT2D eigenvalue weighted by atomic mass is 9.87. The van der Waals surface area contributed by atoms with Gasteiger partial charge in [0.1, 0.15) is 6.04 Å². The van der Waals surface area contributed by atoms with E-state index in [4.69, 9.17) is 10.8 Å². The SMILES string of the molecule is CC[C@H](NC(=O)CC(N)CC(C)(C)C)C(=O)O. The van der Waals surface area contributed by atoms with Crippen LogP contribution < -0.4 is 11.1 Å². The maximum atomic E-state index is 11.6. The smallest absolute Gasteiger partial charge is 0.326 e. The van der Waals surface area contributed by atoms with E-state index in [2.05, 4.69) is 26.1 Å². The van der Waals surface area contributed by atoms with Crippen molar-refractivity contribution >= 4 is 11.9 Å². The summed E-state index contributed by atoms with van der Waals surface area (Å²) < 4.78 is 0. The number of carbonyl (C=O) groups excluding carboxylic acids is 1. The number of hydrogen-bond acceptors (Lipinski definition) is 3. The molecule has 0 bridgehead atoms. The van der Waals surface area contributed by atoms with Crippen molar-refractivity contribution in [1.82, 2.24) is 5.32 Å². The molecule has 0 fully saturated rings. The summed E-state index contributed by atoms with van der Waals surface area (Å²) in [5.74, 6) is -1.30. The van der Waals surface area contributed by atoms with Gasteiger partial charge in [0.15, 0.2) is 0 Å². The number of rotatable bonds is 6. The van der Waals surface area contributed by atoms with E-state index in [1.165, 1.54) is 0 Å². The topological polar surface area (TPSA) is 92.4 Å². The molecule has 0 saturated heterocycles. The molecule has 0 aromatic rings. The Kier molecular flexibility index (Phi) is 6.16. The third-order valence-corrected chi connectivity index (χ3v) is 2.36. The summed E-state index contributed by atoms with van der Waals surface area (Å²) >= 11 is 0. The second kappa shape index (κ2) is 6.59. The molecule has 0 radical (unpaired) electrons.